The van der Waals surface area contributed by atoms with Gasteiger partial charge in [-0.2, -0.15) is 0 Å². The first-order chi connectivity index (χ1) is 10.1. The maximum absolute atomic E-state index is 12.4. The zero-order valence-corrected chi connectivity index (χ0v) is 12.9. The van der Waals surface area contributed by atoms with Crippen LogP contribution in [0.5, 0.6) is 0 Å². The molecular formula is C16H18N2O2S. The molecule has 1 unspecified atom stereocenters. The second kappa shape index (κ2) is 7.15. The van der Waals surface area contributed by atoms with Crippen LogP contribution in [-0.2, 0) is 11.2 Å². The van der Waals surface area contributed by atoms with Gasteiger partial charge in [-0.05, 0) is 50.2 Å². The lowest BCUT2D eigenvalue weighted by molar-refractivity contribution is 0.252. The van der Waals surface area contributed by atoms with Gasteiger partial charge in [0.2, 0.25) is 0 Å². The van der Waals surface area contributed by atoms with Gasteiger partial charge in [0.1, 0.15) is 0 Å². The molecule has 5 heteroatoms. The van der Waals surface area contributed by atoms with E-state index in [0.717, 1.165) is 10.5 Å². The predicted molar refractivity (Wildman–Crippen MR) is 85.0 cm³/mol. The molecule has 0 radical (unpaired) electrons. The number of anilines is 1. The molecule has 0 bridgehead atoms. The monoisotopic (exact) mass is 302 g/mol. The van der Waals surface area contributed by atoms with Crippen LogP contribution in [0.3, 0.4) is 0 Å². The Balaban J connectivity index is 2.07. The molecule has 4 nitrogen and oxygen atoms in total. The standard InChI is InChI=1S/C16H18N2O2S/c1-3-17-16(19)18-13-6-10-15(11-7-13)21(20)14-8-4-12(2)5-9-14/h4-11H,3H2,1-2H3,(H2,17,18,19). The summed E-state index contributed by atoms with van der Waals surface area (Å²) in [6.07, 6.45) is 0. The minimum atomic E-state index is -1.21. The first kappa shape index (κ1) is 15.4. The normalized spacial score (nSPS) is 11.8. The number of hydrogen-bond donors (Lipinski definition) is 2. The summed E-state index contributed by atoms with van der Waals surface area (Å²) in [5.41, 5.74) is 1.81. The average Bonchev–Trinajstić information content (AvgIpc) is 2.48. The number of benzene rings is 2. The smallest absolute Gasteiger partial charge is 0.319 e. The summed E-state index contributed by atoms with van der Waals surface area (Å²) < 4.78 is 12.4. The van der Waals surface area contributed by atoms with E-state index in [2.05, 4.69) is 10.6 Å². The summed E-state index contributed by atoms with van der Waals surface area (Å²) in [6, 6.07) is 14.4. The summed E-state index contributed by atoms with van der Waals surface area (Å²) in [6.45, 7) is 4.42. The summed E-state index contributed by atoms with van der Waals surface area (Å²) in [4.78, 5) is 12.9. The Bertz CT molecular complexity index is 597. The predicted octanol–water partition coefficient (Wildman–Crippen LogP) is 3.30. The number of carbonyl (C=O) groups is 1. The zero-order valence-electron chi connectivity index (χ0n) is 12.1. The van der Waals surface area contributed by atoms with Crippen molar-refractivity contribution in [2.75, 3.05) is 11.9 Å². The van der Waals surface area contributed by atoms with Crippen molar-refractivity contribution in [3.8, 4) is 0 Å². The molecule has 0 aliphatic rings. The van der Waals surface area contributed by atoms with E-state index in [1.165, 1.54) is 0 Å². The quantitative estimate of drug-likeness (QED) is 0.851. The molecule has 0 spiro atoms. The number of carbonyl (C=O) groups excluding carboxylic acids is 1. The maximum Gasteiger partial charge on any atom is 0.319 e. The molecule has 0 saturated heterocycles. The average molecular weight is 302 g/mol. The minimum Gasteiger partial charge on any atom is -0.606 e. The van der Waals surface area contributed by atoms with Gasteiger partial charge in [-0.1, -0.05) is 17.7 Å². The molecule has 21 heavy (non-hydrogen) atoms. The van der Waals surface area contributed by atoms with Gasteiger partial charge in [-0.3, -0.25) is 0 Å². The molecule has 1 atom stereocenters. The number of hydrogen-bond acceptors (Lipinski definition) is 2. The van der Waals surface area contributed by atoms with Crippen molar-refractivity contribution in [3.05, 3.63) is 54.1 Å². The summed E-state index contributed by atoms with van der Waals surface area (Å²) >= 11 is -1.21. The van der Waals surface area contributed by atoms with E-state index in [-0.39, 0.29) is 6.03 Å². The molecule has 2 rings (SSSR count). The molecular weight excluding hydrogens is 284 g/mol. The Morgan fingerprint density at radius 3 is 2.10 bits per heavy atom. The van der Waals surface area contributed by atoms with E-state index in [1.807, 2.05) is 38.1 Å². The van der Waals surface area contributed by atoms with Crippen molar-refractivity contribution in [1.82, 2.24) is 5.32 Å². The van der Waals surface area contributed by atoms with Gasteiger partial charge in [-0.15, -0.1) is 0 Å². The van der Waals surface area contributed by atoms with Gasteiger partial charge in [0.25, 0.3) is 0 Å². The number of aryl methyl sites for hydroxylation is 1. The van der Waals surface area contributed by atoms with Crippen LogP contribution in [0.25, 0.3) is 0 Å². The Morgan fingerprint density at radius 2 is 1.57 bits per heavy atom. The van der Waals surface area contributed by atoms with E-state index in [1.54, 1.807) is 24.3 Å². The minimum absolute atomic E-state index is 0.245. The van der Waals surface area contributed by atoms with Crippen molar-refractivity contribution in [1.29, 1.82) is 0 Å². The summed E-state index contributed by atoms with van der Waals surface area (Å²) in [5.74, 6) is 0. The van der Waals surface area contributed by atoms with Gasteiger partial charge >= 0.3 is 6.03 Å². The fourth-order valence-corrected chi connectivity index (χ4v) is 2.83. The molecule has 2 aromatic carbocycles. The molecule has 110 valence electrons. The van der Waals surface area contributed by atoms with Gasteiger partial charge < -0.3 is 15.2 Å². The number of urea groups is 1. The molecule has 2 amide bonds. The largest absolute Gasteiger partial charge is 0.606 e. The molecule has 0 saturated carbocycles. The summed E-state index contributed by atoms with van der Waals surface area (Å²) in [5, 5.41) is 5.36. The Kier molecular flexibility index (Phi) is 5.25. The van der Waals surface area contributed by atoms with Crippen LogP contribution < -0.4 is 10.6 Å². The second-order valence-corrected chi connectivity index (χ2v) is 6.07. The van der Waals surface area contributed by atoms with E-state index in [0.29, 0.717) is 17.1 Å². The second-order valence-electron chi connectivity index (χ2n) is 4.59. The van der Waals surface area contributed by atoms with Crippen molar-refractivity contribution < 1.29 is 9.35 Å². The molecule has 2 aromatic rings. The third kappa shape index (κ3) is 4.24. The van der Waals surface area contributed by atoms with E-state index >= 15 is 0 Å². The van der Waals surface area contributed by atoms with Crippen LogP contribution >= 0.6 is 0 Å². The Morgan fingerprint density at radius 1 is 1.05 bits per heavy atom. The maximum atomic E-state index is 12.4. The lowest BCUT2D eigenvalue weighted by atomic mass is 10.2. The van der Waals surface area contributed by atoms with Crippen molar-refractivity contribution in [2.45, 2.75) is 23.6 Å². The van der Waals surface area contributed by atoms with Crippen LogP contribution in [0.15, 0.2) is 58.3 Å². The highest BCUT2D eigenvalue weighted by atomic mass is 32.2. The number of rotatable bonds is 4. The molecule has 0 aromatic heterocycles. The Hall–Kier alpha value is -1.98. The topological polar surface area (TPSA) is 64.2 Å². The third-order valence-corrected chi connectivity index (χ3v) is 4.30. The molecule has 2 N–H and O–H groups in total. The van der Waals surface area contributed by atoms with Gasteiger partial charge in [-0.25, -0.2) is 4.79 Å². The molecule has 0 heterocycles. The highest BCUT2D eigenvalue weighted by Crippen LogP contribution is 2.22. The fraction of sp³-hybridized carbons (Fsp3) is 0.188. The van der Waals surface area contributed by atoms with E-state index in [4.69, 9.17) is 0 Å². The molecule has 0 aliphatic heterocycles. The van der Waals surface area contributed by atoms with E-state index < -0.39 is 11.2 Å². The van der Waals surface area contributed by atoms with Crippen molar-refractivity contribution in [2.24, 2.45) is 0 Å². The van der Waals surface area contributed by atoms with Crippen LogP contribution in [0.2, 0.25) is 0 Å². The van der Waals surface area contributed by atoms with Gasteiger partial charge in [0, 0.05) is 23.4 Å². The number of nitrogens with one attached hydrogen (secondary N) is 2. The zero-order chi connectivity index (χ0) is 15.2. The van der Waals surface area contributed by atoms with Crippen LogP contribution in [-0.4, -0.2) is 17.1 Å². The van der Waals surface area contributed by atoms with Crippen molar-refractivity contribution >= 4 is 22.9 Å². The lowest BCUT2D eigenvalue weighted by Gasteiger charge is -2.11. The van der Waals surface area contributed by atoms with Crippen molar-refractivity contribution in [3.63, 3.8) is 0 Å². The number of amides is 2. The SMILES string of the molecule is CCNC(=O)Nc1ccc([S+]([O-])c2ccc(C)cc2)cc1. The van der Waals surface area contributed by atoms with Crippen LogP contribution in [0.1, 0.15) is 12.5 Å². The van der Waals surface area contributed by atoms with E-state index in [9.17, 15) is 9.35 Å². The van der Waals surface area contributed by atoms with Gasteiger partial charge in [0.05, 0.1) is 0 Å². The highest BCUT2D eigenvalue weighted by molar-refractivity contribution is 7.91. The van der Waals surface area contributed by atoms with Crippen LogP contribution in [0, 0.1) is 6.92 Å². The Labute approximate surface area is 127 Å². The van der Waals surface area contributed by atoms with Gasteiger partial charge in [0.15, 0.2) is 9.79 Å². The molecule has 0 fully saturated rings. The fourth-order valence-electron chi connectivity index (χ4n) is 1.80. The van der Waals surface area contributed by atoms with Crippen LogP contribution in [0.4, 0.5) is 10.5 Å². The third-order valence-electron chi connectivity index (χ3n) is 2.90. The first-order valence-electron chi connectivity index (χ1n) is 6.73. The highest BCUT2D eigenvalue weighted by Gasteiger charge is 2.14. The lowest BCUT2D eigenvalue weighted by Crippen LogP contribution is -2.28. The first-order valence-corrected chi connectivity index (χ1v) is 7.88. The molecule has 0 aliphatic carbocycles. The summed E-state index contributed by atoms with van der Waals surface area (Å²) in [7, 11) is 0.